The van der Waals surface area contributed by atoms with Crippen LogP contribution < -0.4 is 16.8 Å². The van der Waals surface area contributed by atoms with Gasteiger partial charge in [0.2, 0.25) is 0 Å². The number of ether oxygens (including phenoxy) is 1. The predicted octanol–water partition coefficient (Wildman–Crippen LogP) is 4.73. The average Bonchev–Trinajstić information content (AvgIpc) is 2.95. The van der Waals surface area contributed by atoms with Crippen molar-refractivity contribution in [3.63, 3.8) is 0 Å². The quantitative estimate of drug-likeness (QED) is 0.169. The number of benzene rings is 2. The van der Waals surface area contributed by atoms with Crippen LogP contribution in [-0.2, 0) is 22.1 Å². The number of guanidine groups is 1. The number of nitrogens with two attached hydrogens (primary N) is 2. The molecule has 0 unspecified atom stereocenters. The van der Waals surface area contributed by atoms with Gasteiger partial charge in [-0.25, -0.2) is 14.2 Å². The number of methoxy groups -OCH3 is 1. The summed E-state index contributed by atoms with van der Waals surface area (Å²) < 4.78 is 46.8. The zero-order valence-corrected chi connectivity index (χ0v) is 23.4. The number of nitriles is 1. The third-order valence-electron chi connectivity index (χ3n) is 6.66. The topological polar surface area (TPSA) is 137 Å². The maximum Gasteiger partial charge on any atom is 0.416 e. The van der Waals surface area contributed by atoms with Crippen molar-refractivity contribution in [2.24, 2.45) is 11.5 Å². The smallest absolute Gasteiger partial charge is 0.416 e. The molecule has 2 aromatic rings. The number of alkyl halides is 3. The van der Waals surface area contributed by atoms with Gasteiger partial charge in [0.15, 0.2) is 0 Å². The fourth-order valence-corrected chi connectivity index (χ4v) is 4.77. The van der Waals surface area contributed by atoms with Gasteiger partial charge in [-0.2, -0.15) is 23.3 Å². The molecule has 0 saturated heterocycles. The molecule has 0 saturated carbocycles. The molecule has 0 fully saturated rings. The lowest BCUT2D eigenvalue weighted by molar-refractivity contribution is -0.396. The second-order valence-electron chi connectivity index (χ2n) is 9.31. The van der Waals surface area contributed by atoms with Gasteiger partial charge < -0.3 is 15.8 Å². The van der Waals surface area contributed by atoms with Gasteiger partial charge in [-0.15, -0.1) is 0 Å². The van der Waals surface area contributed by atoms with Crippen LogP contribution in [0, 0.1) is 11.3 Å². The number of aryl methyl sites for hydroxylation is 1. The molecule has 0 bridgehead atoms. The molecule has 2 amide bonds. The molecule has 1 aliphatic rings. The molecular formula is C30H32F3N6O3+. The Labute approximate surface area is 241 Å². The number of nitrogens with one attached hydrogen (secondary N) is 1. The number of carbonyl (C=O) groups is 2. The molecule has 220 valence electrons. The summed E-state index contributed by atoms with van der Waals surface area (Å²) in [5.74, 6) is -1.14. The van der Waals surface area contributed by atoms with E-state index in [0.717, 1.165) is 28.7 Å². The summed E-state index contributed by atoms with van der Waals surface area (Å²) in [4.78, 5) is 27.1. The van der Waals surface area contributed by atoms with E-state index in [0.29, 0.717) is 36.1 Å². The highest BCUT2D eigenvalue weighted by Crippen LogP contribution is 2.40. The van der Waals surface area contributed by atoms with Crippen LogP contribution in [0.3, 0.4) is 0 Å². The van der Waals surface area contributed by atoms with Crippen molar-refractivity contribution >= 4 is 23.6 Å². The van der Waals surface area contributed by atoms with Crippen LogP contribution in [0.4, 0.5) is 23.7 Å². The van der Waals surface area contributed by atoms with Crippen LogP contribution in [0.25, 0.3) is 0 Å². The molecule has 9 nitrogen and oxygen atoms in total. The van der Waals surface area contributed by atoms with Crippen LogP contribution in [0.2, 0.25) is 0 Å². The number of allylic oxidation sites excluding steroid dienone is 4. The molecule has 1 heterocycles. The van der Waals surface area contributed by atoms with E-state index in [1.165, 1.54) is 25.1 Å². The van der Waals surface area contributed by atoms with E-state index in [1.54, 1.807) is 18.3 Å². The third kappa shape index (κ3) is 6.80. The Morgan fingerprint density at radius 2 is 1.95 bits per heavy atom. The number of hydrogen-bond acceptors (Lipinski definition) is 6. The first kappa shape index (κ1) is 31.5. The molecule has 0 radical (unpaired) electrons. The maximum absolute atomic E-state index is 13.5. The van der Waals surface area contributed by atoms with Gasteiger partial charge in [0, 0.05) is 6.54 Å². The van der Waals surface area contributed by atoms with Gasteiger partial charge in [-0.1, -0.05) is 24.3 Å². The lowest BCUT2D eigenvalue weighted by Crippen LogP contribution is -2.54. The Kier molecular flexibility index (Phi) is 10.1. The van der Waals surface area contributed by atoms with E-state index in [-0.39, 0.29) is 22.9 Å². The Morgan fingerprint density at radius 1 is 1.21 bits per heavy atom. The van der Waals surface area contributed by atoms with Crippen molar-refractivity contribution in [1.82, 2.24) is 10.2 Å². The second-order valence-corrected chi connectivity index (χ2v) is 9.31. The number of halogens is 3. The molecule has 0 aliphatic carbocycles. The zero-order chi connectivity index (χ0) is 31.0. The van der Waals surface area contributed by atoms with Crippen LogP contribution in [0.5, 0.6) is 0 Å². The van der Waals surface area contributed by atoms with Crippen molar-refractivity contribution in [1.29, 1.82) is 5.26 Å². The van der Waals surface area contributed by atoms with E-state index < -0.39 is 29.8 Å². The molecule has 1 aliphatic heterocycles. The number of hydrogen-bond donors (Lipinski definition) is 3. The number of amides is 2. The van der Waals surface area contributed by atoms with Crippen molar-refractivity contribution in [2.45, 2.75) is 38.9 Å². The molecular weight excluding hydrogens is 549 g/mol. The number of nitrogens with zero attached hydrogens (tertiary/aromatic N) is 3. The van der Waals surface area contributed by atoms with Gasteiger partial charge in [0.1, 0.15) is 17.3 Å². The van der Waals surface area contributed by atoms with Crippen molar-refractivity contribution < 1.29 is 32.1 Å². The van der Waals surface area contributed by atoms with Crippen molar-refractivity contribution in [3.05, 3.63) is 100 Å². The minimum atomic E-state index is -4.65. The van der Waals surface area contributed by atoms with E-state index in [4.69, 9.17) is 16.2 Å². The van der Waals surface area contributed by atoms with E-state index >= 15 is 0 Å². The fraction of sp³-hybridized carbons (Fsp3) is 0.267. The van der Waals surface area contributed by atoms with E-state index in [1.807, 2.05) is 25.2 Å². The third-order valence-corrected chi connectivity index (χ3v) is 6.66. The molecule has 0 spiro atoms. The first-order valence-corrected chi connectivity index (χ1v) is 13.0. The highest BCUT2D eigenvalue weighted by atomic mass is 19.4. The largest absolute Gasteiger partial charge is 0.465 e. The number of esters is 1. The van der Waals surface area contributed by atoms with Crippen molar-refractivity contribution in [3.8, 4) is 6.07 Å². The van der Waals surface area contributed by atoms with Gasteiger partial charge in [0.25, 0.3) is 0 Å². The Balaban J connectivity index is 2.19. The average molecular weight is 582 g/mol. The standard InChI is InChI=1S/C30H31F3N6O3/c1-4-5-6-14-37-15-8-9-21-16-20(18-34)12-13-24(21)26-25(27(40)42-3)19(2)38(28(35)39(26)29(36)41)23-11-7-10-22(17-23)30(31,32)33/h4-7,10-14,16-17,26,35,37H,8-9,15H2,1-3H3,(H2,36,41)/p+1/b5-4-,14-6-/t26-/m1/s1. The van der Waals surface area contributed by atoms with Gasteiger partial charge in [0.05, 0.1) is 30.0 Å². The summed E-state index contributed by atoms with van der Waals surface area (Å²) in [6.07, 6.45) is 3.82. The van der Waals surface area contributed by atoms with Gasteiger partial charge >= 0.3 is 24.1 Å². The van der Waals surface area contributed by atoms with Crippen LogP contribution in [0.15, 0.2) is 78.2 Å². The Bertz CT molecular complexity index is 1520. The minimum absolute atomic E-state index is 0.0389. The number of rotatable bonds is 9. The SMILES string of the molecule is C/C=C\C=C/NCCCc1cc(C#N)ccc1[C@@H]1C(C(=O)OC)=C(C)[N+](c2cccc(C(F)(F)F)c2)=C(N)N1C(N)=O. The van der Waals surface area contributed by atoms with Gasteiger partial charge in [-0.05, 0) is 80.4 Å². The highest BCUT2D eigenvalue weighted by molar-refractivity contribution is 5.99. The molecule has 3 rings (SSSR count). The lowest BCUT2D eigenvalue weighted by Gasteiger charge is -2.33. The predicted molar refractivity (Wildman–Crippen MR) is 151 cm³/mol. The fourth-order valence-electron chi connectivity index (χ4n) is 4.77. The molecule has 12 heteroatoms. The molecule has 5 N–H and O–H groups in total. The van der Waals surface area contributed by atoms with E-state index in [2.05, 4.69) is 11.4 Å². The summed E-state index contributed by atoms with van der Waals surface area (Å²) in [6.45, 7) is 3.98. The van der Waals surface area contributed by atoms with Crippen molar-refractivity contribution in [2.75, 3.05) is 13.7 Å². The first-order valence-electron chi connectivity index (χ1n) is 13.0. The van der Waals surface area contributed by atoms with E-state index in [9.17, 15) is 28.0 Å². The molecule has 2 aromatic carbocycles. The van der Waals surface area contributed by atoms with Crippen LogP contribution in [-0.4, -0.2) is 41.1 Å². The molecule has 0 aromatic heterocycles. The first-order chi connectivity index (χ1) is 20.0. The summed E-state index contributed by atoms with van der Waals surface area (Å²) in [5, 5.41) is 12.7. The Hall–Kier alpha value is -5.05. The van der Waals surface area contributed by atoms with Crippen LogP contribution in [0.1, 0.15) is 48.6 Å². The Morgan fingerprint density at radius 3 is 2.57 bits per heavy atom. The normalized spacial score (nSPS) is 15.8. The summed E-state index contributed by atoms with van der Waals surface area (Å²) >= 11 is 0. The number of primary amides is 1. The van der Waals surface area contributed by atoms with Crippen LogP contribution >= 0.6 is 0 Å². The number of urea groups is 1. The minimum Gasteiger partial charge on any atom is -0.465 e. The highest BCUT2D eigenvalue weighted by Gasteiger charge is 2.47. The lowest BCUT2D eigenvalue weighted by atomic mass is 9.88. The molecule has 1 atom stereocenters. The second kappa shape index (κ2) is 13.5. The summed E-state index contributed by atoms with van der Waals surface area (Å²) in [6, 6.07) is 8.98. The summed E-state index contributed by atoms with van der Waals surface area (Å²) in [5.41, 5.74) is 12.8. The monoisotopic (exact) mass is 581 g/mol. The molecule has 42 heavy (non-hydrogen) atoms. The maximum atomic E-state index is 13.5. The summed E-state index contributed by atoms with van der Waals surface area (Å²) in [7, 11) is 1.15. The van der Waals surface area contributed by atoms with Gasteiger partial charge in [-0.3, -0.25) is 5.73 Å². The number of carbonyl (C=O) groups excluding carboxylic acids is 2. The zero-order valence-electron chi connectivity index (χ0n) is 23.4.